The van der Waals surface area contributed by atoms with E-state index in [4.69, 9.17) is 4.74 Å². The number of aromatic nitrogens is 2. The standard InChI is InChI=1S/C23H31N5O2/c29-22-4-2-1-3-18(26-22)14-27-9-11-28(12-10-27)19-7-8-21-20(13-19)23(25-16-24-21)30-15-17-5-6-17/h7-8,13,16-18H,1-6,9-12,14-15H2,(H,26,29). The van der Waals surface area contributed by atoms with Crippen molar-refractivity contribution in [1.82, 2.24) is 20.2 Å². The average Bonchev–Trinajstić information content (AvgIpc) is 3.61. The number of benzene rings is 1. The number of piperazine rings is 1. The van der Waals surface area contributed by atoms with Crippen LogP contribution in [0.4, 0.5) is 5.69 Å². The fraction of sp³-hybridized carbons (Fsp3) is 0.609. The van der Waals surface area contributed by atoms with Gasteiger partial charge in [0.1, 0.15) is 6.33 Å². The van der Waals surface area contributed by atoms with E-state index in [0.29, 0.717) is 24.3 Å². The Balaban J connectivity index is 1.22. The lowest BCUT2D eigenvalue weighted by Crippen LogP contribution is -2.51. The molecule has 3 aliphatic rings. The Morgan fingerprint density at radius 2 is 1.93 bits per heavy atom. The van der Waals surface area contributed by atoms with E-state index in [2.05, 4.69) is 43.3 Å². The Labute approximate surface area is 177 Å². The number of anilines is 1. The number of carbonyl (C=O) groups excluding carboxylic acids is 1. The van der Waals surface area contributed by atoms with Crippen LogP contribution in [-0.2, 0) is 4.79 Å². The molecular formula is C23H31N5O2. The van der Waals surface area contributed by atoms with Crippen molar-refractivity contribution in [1.29, 1.82) is 0 Å². The number of ether oxygens (including phenoxy) is 1. The molecular weight excluding hydrogens is 378 g/mol. The van der Waals surface area contributed by atoms with Crippen molar-refractivity contribution in [3.05, 3.63) is 24.5 Å². The predicted octanol–water partition coefficient (Wildman–Crippen LogP) is 2.60. The third-order valence-corrected chi connectivity index (χ3v) is 6.52. The third kappa shape index (κ3) is 4.67. The SMILES string of the molecule is O=C1CCCCC(CN2CCN(c3ccc4ncnc(OCC5CC5)c4c3)CC2)N1. The van der Waals surface area contributed by atoms with Crippen LogP contribution in [0.1, 0.15) is 38.5 Å². The van der Waals surface area contributed by atoms with Crippen LogP contribution in [0.5, 0.6) is 5.88 Å². The first-order valence-electron chi connectivity index (χ1n) is 11.4. The summed E-state index contributed by atoms with van der Waals surface area (Å²) in [5, 5.41) is 4.20. The van der Waals surface area contributed by atoms with E-state index >= 15 is 0 Å². The van der Waals surface area contributed by atoms with E-state index in [1.54, 1.807) is 6.33 Å². The number of hydrogen-bond acceptors (Lipinski definition) is 6. The lowest BCUT2D eigenvalue weighted by Gasteiger charge is -2.37. The summed E-state index contributed by atoms with van der Waals surface area (Å²) in [6.07, 6.45) is 8.08. The van der Waals surface area contributed by atoms with Crippen molar-refractivity contribution >= 4 is 22.5 Å². The summed E-state index contributed by atoms with van der Waals surface area (Å²) in [6.45, 7) is 5.72. The lowest BCUT2D eigenvalue weighted by molar-refractivity contribution is -0.121. The highest BCUT2D eigenvalue weighted by Crippen LogP contribution is 2.32. The topological polar surface area (TPSA) is 70.6 Å². The molecule has 7 nitrogen and oxygen atoms in total. The van der Waals surface area contributed by atoms with E-state index in [1.807, 2.05) is 0 Å². The van der Waals surface area contributed by atoms with Crippen molar-refractivity contribution in [3.8, 4) is 5.88 Å². The monoisotopic (exact) mass is 409 g/mol. The molecule has 1 saturated carbocycles. The summed E-state index contributed by atoms with van der Waals surface area (Å²) in [7, 11) is 0. The van der Waals surface area contributed by atoms with Crippen LogP contribution in [0.15, 0.2) is 24.5 Å². The summed E-state index contributed by atoms with van der Waals surface area (Å²) in [5.74, 6) is 1.62. The molecule has 5 rings (SSSR count). The zero-order valence-corrected chi connectivity index (χ0v) is 17.6. The molecule has 1 atom stereocenters. The fourth-order valence-electron chi connectivity index (χ4n) is 4.50. The summed E-state index contributed by atoms with van der Waals surface area (Å²) in [4.78, 5) is 25.6. The quantitative estimate of drug-likeness (QED) is 0.791. The van der Waals surface area contributed by atoms with Gasteiger partial charge in [0, 0.05) is 50.9 Å². The summed E-state index contributed by atoms with van der Waals surface area (Å²) < 4.78 is 5.99. The van der Waals surface area contributed by atoms with Gasteiger partial charge in [-0.3, -0.25) is 9.69 Å². The predicted molar refractivity (Wildman–Crippen MR) is 117 cm³/mol. The van der Waals surface area contributed by atoms with E-state index in [9.17, 15) is 4.79 Å². The second-order valence-electron chi connectivity index (χ2n) is 8.93. The van der Waals surface area contributed by atoms with E-state index in [1.165, 1.54) is 18.5 Å². The Hall–Kier alpha value is -2.41. The maximum atomic E-state index is 11.8. The Kier molecular flexibility index (Phi) is 5.71. The molecule has 3 heterocycles. The van der Waals surface area contributed by atoms with Crippen LogP contribution in [-0.4, -0.2) is 66.1 Å². The molecule has 2 aromatic rings. The summed E-state index contributed by atoms with van der Waals surface area (Å²) in [5.41, 5.74) is 2.14. The van der Waals surface area contributed by atoms with Crippen LogP contribution in [0.3, 0.4) is 0 Å². The van der Waals surface area contributed by atoms with E-state index in [-0.39, 0.29) is 5.91 Å². The Morgan fingerprint density at radius 3 is 2.77 bits per heavy atom. The lowest BCUT2D eigenvalue weighted by atomic mass is 10.1. The first kappa shape index (κ1) is 19.5. The highest BCUT2D eigenvalue weighted by Gasteiger charge is 2.24. The van der Waals surface area contributed by atoms with Crippen LogP contribution in [0, 0.1) is 5.92 Å². The van der Waals surface area contributed by atoms with Gasteiger partial charge >= 0.3 is 0 Å². The molecule has 2 aliphatic heterocycles. The molecule has 2 saturated heterocycles. The number of amides is 1. The molecule has 0 bridgehead atoms. The minimum atomic E-state index is 0.217. The second-order valence-corrected chi connectivity index (χ2v) is 8.93. The smallest absolute Gasteiger partial charge is 0.224 e. The normalized spacial score (nSPS) is 23.3. The molecule has 7 heteroatoms. The number of rotatable bonds is 6. The number of fused-ring (bicyclic) bond motifs is 1. The average molecular weight is 410 g/mol. The molecule has 1 aromatic heterocycles. The van der Waals surface area contributed by atoms with Gasteiger partial charge in [0.05, 0.1) is 17.5 Å². The number of nitrogens with one attached hydrogen (secondary N) is 1. The Bertz CT molecular complexity index is 892. The highest BCUT2D eigenvalue weighted by atomic mass is 16.5. The largest absolute Gasteiger partial charge is 0.477 e. The molecule has 0 spiro atoms. The molecule has 1 aromatic carbocycles. The first-order valence-corrected chi connectivity index (χ1v) is 11.4. The molecule has 1 N–H and O–H groups in total. The van der Waals surface area contributed by atoms with Crippen molar-refractivity contribution in [3.63, 3.8) is 0 Å². The molecule has 0 radical (unpaired) electrons. The number of hydrogen-bond donors (Lipinski definition) is 1. The van der Waals surface area contributed by atoms with Crippen LogP contribution in [0.2, 0.25) is 0 Å². The van der Waals surface area contributed by atoms with Gasteiger partial charge in [0.2, 0.25) is 11.8 Å². The van der Waals surface area contributed by atoms with Gasteiger partial charge in [-0.1, -0.05) is 6.42 Å². The number of nitrogens with zero attached hydrogens (tertiary/aromatic N) is 4. The summed E-state index contributed by atoms with van der Waals surface area (Å²) in [6, 6.07) is 6.71. The molecule has 30 heavy (non-hydrogen) atoms. The van der Waals surface area contributed by atoms with Gasteiger partial charge in [-0.15, -0.1) is 0 Å². The zero-order chi connectivity index (χ0) is 20.3. The molecule has 3 fully saturated rings. The molecule has 1 aliphatic carbocycles. The zero-order valence-electron chi connectivity index (χ0n) is 17.6. The third-order valence-electron chi connectivity index (χ3n) is 6.52. The second kappa shape index (κ2) is 8.76. The minimum Gasteiger partial charge on any atom is -0.477 e. The molecule has 160 valence electrons. The van der Waals surface area contributed by atoms with E-state index in [0.717, 1.165) is 69.5 Å². The Morgan fingerprint density at radius 1 is 1.07 bits per heavy atom. The molecule has 1 unspecified atom stereocenters. The van der Waals surface area contributed by atoms with Crippen molar-refractivity contribution in [2.75, 3.05) is 44.2 Å². The fourth-order valence-corrected chi connectivity index (χ4v) is 4.50. The van der Waals surface area contributed by atoms with Crippen molar-refractivity contribution < 1.29 is 9.53 Å². The van der Waals surface area contributed by atoms with Crippen LogP contribution in [0.25, 0.3) is 10.9 Å². The van der Waals surface area contributed by atoms with Gasteiger partial charge in [0.15, 0.2) is 0 Å². The van der Waals surface area contributed by atoms with Crippen LogP contribution >= 0.6 is 0 Å². The highest BCUT2D eigenvalue weighted by molar-refractivity contribution is 5.86. The molecule has 1 amide bonds. The van der Waals surface area contributed by atoms with Gasteiger partial charge in [0.25, 0.3) is 0 Å². The van der Waals surface area contributed by atoms with E-state index < -0.39 is 0 Å². The summed E-state index contributed by atoms with van der Waals surface area (Å²) >= 11 is 0. The van der Waals surface area contributed by atoms with Crippen molar-refractivity contribution in [2.24, 2.45) is 5.92 Å². The van der Waals surface area contributed by atoms with Gasteiger partial charge in [-0.2, -0.15) is 0 Å². The van der Waals surface area contributed by atoms with Crippen LogP contribution < -0.4 is 15.0 Å². The maximum Gasteiger partial charge on any atom is 0.224 e. The van der Waals surface area contributed by atoms with Gasteiger partial charge in [-0.05, 0) is 49.8 Å². The van der Waals surface area contributed by atoms with Crippen molar-refractivity contribution in [2.45, 2.75) is 44.6 Å². The first-order chi connectivity index (χ1) is 14.7. The number of carbonyl (C=O) groups is 1. The van der Waals surface area contributed by atoms with Gasteiger partial charge in [-0.25, -0.2) is 9.97 Å². The minimum absolute atomic E-state index is 0.217. The van der Waals surface area contributed by atoms with Gasteiger partial charge < -0.3 is 15.0 Å². The maximum absolute atomic E-state index is 11.8.